The third kappa shape index (κ3) is 4.80. The van der Waals surface area contributed by atoms with Gasteiger partial charge in [-0.05, 0) is 38.5 Å². The molecule has 22 heavy (non-hydrogen) atoms. The van der Waals surface area contributed by atoms with E-state index in [2.05, 4.69) is 5.32 Å². The van der Waals surface area contributed by atoms with Crippen LogP contribution in [0.15, 0.2) is 18.2 Å². The minimum Gasteiger partial charge on any atom is -0.504 e. The van der Waals surface area contributed by atoms with Crippen molar-refractivity contribution in [1.82, 2.24) is 5.32 Å². The molecule has 4 N–H and O–H groups in total. The van der Waals surface area contributed by atoms with E-state index in [0.29, 0.717) is 18.8 Å². The zero-order chi connectivity index (χ0) is 17.0. The first-order valence-electron chi connectivity index (χ1n) is 7.16. The highest BCUT2D eigenvalue weighted by Gasteiger charge is 2.28. The summed E-state index contributed by atoms with van der Waals surface area (Å²) in [6.07, 6.45) is -0.495. The number of phenols is 1. The van der Waals surface area contributed by atoms with Crippen molar-refractivity contribution in [2.75, 3.05) is 20.2 Å². The first-order valence-corrected chi connectivity index (χ1v) is 7.16. The third-order valence-corrected chi connectivity index (χ3v) is 3.35. The fraction of sp³-hybridized carbons (Fsp3) is 0.562. The van der Waals surface area contributed by atoms with E-state index in [1.165, 1.54) is 7.11 Å². The monoisotopic (exact) mass is 310 g/mol. The van der Waals surface area contributed by atoms with Crippen LogP contribution in [-0.2, 0) is 10.2 Å². The molecule has 1 aromatic rings. The number of aromatic hydroxyl groups is 1. The van der Waals surface area contributed by atoms with Crippen LogP contribution in [0.5, 0.6) is 11.5 Å². The molecule has 1 amide bonds. The van der Waals surface area contributed by atoms with Crippen molar-refractivity contribution >= 4 is 6.09 Å². The number of nitrogens with one attached hydrogen (secondary N) is 1. The number of hydrogen-bond donors (Lipinski definition) is 3. The van der Waals surface area contributed by atoms with Gasteiger partial charge in [0.1, 0.15) is 5.60 Å². The summed E-state index contributed by atoms with van der Waals surface area (Å²) in [5, 5.41) is 12.6. The predicted molar refractivity (Wildman–Crippen MR) is 85.3 cm³/mol. The number of benzene rings is 1. The van der Waals surface area contributed by atoms with Crippen LogP contribution in [0.1, 0.15) is 33.3 Å². The Morgan fingerprint density at radius 3 is 2.41 bits per heavy atom. The molecule has 0 saturated heterocycles. The van der Waals surface area contributed by atoms with Crippen molar-refractivity contribution < 1.29 is 19.4 Å². The Morgan fingerprint density at radius 1 is 1.32 bits per heavy atom. The summed E-state index contributed by atoms with van der Waals surface area (Å²) in [4.78, 5) is 11.8. The molecule has 0 heterocycles. The first kappa shape index (κ1) is 18.1. The number of phenolic OH excluding ortho intramolecular Hbond substituents is 1. The van der Waals surface area contributed by atoms with E-state index in [4.69, 9.17) is 15.2 Å². The summed E-state index contributed by atoms with van der Waals surface area (Å²) in [6.45, 7) is 7.91. The third-order valence-electron chi connectivity index (χ3n) is 3.35. The molecule has 0 fully saturated rings. The number of carbonyl (C=O) groups is 1. The van der Waals surface area contributed by atoms with Crippen LogP contribution >= 0.6 is 0 Å². The van der Waals surface area contributed by atoms with Gasteiger partial charge in [0.25, 0.3) is 0 Å². The van der Waals surface area contributed by atoms with Gasteiger partial charge in [0.05, 0.1) is 7.11 Å². The molecule has 1 aromatic carbocycles. The van der Waals surface area contributed by atoms with Gasteiger partial charge < -0.3 is 25.6 Å². The lowest BCUT2D eigenvalue weighted by Gasteiger charge is -2.30. The van der Waals surface area contributed by atoms with Crippen LogP contribution in [0.4, 0.5) is 4.79 Å². The number of ether oxygens (including phenoxy) is 2. The van der Waals surface area contributed by atoms with E-state index in [1.54, 1.807) is 32.9 Å². The lowest BCUT2D eigenvalue weighted by atomic mass is 9.82. The molecule has 6 heteroatoms. The van der Waals surface area contributed by atoms with E-state index in [1.807, 2.05) is 13.0 Å². The highest BCUT2D eigenvalue weighted by atomic mass is 16.6. The standard InChI is InChI=1S/C16H26N2O4/c1-15(2,3)22-14(20)18-10-16(4,9-17)11-6-7-13(21-5)12(19)8-11/h6-8,19H,9-10,17H2,1-5H3,(H,18,20). The minimum absolute atomic E-state index is 0.0388. The normalized spacial score (nSPS) is 14.1. The number of methoxy groups -OCH3 is 1. The maximum atomic E-state index is 11.8. The molecular weight excluding hydrogens is 284 g/mol. The van der Waals surface area contributed by atoms with Gasteiger partial charge in [0, 0.05) is 18.5 Å². The molecule has 0 bridgehead atoms. The summed E-state index contributed by atoms with van der Waals surface area (Å²) >= 11 is 0. The lowest BCUT2D eigenvalue weighted by molar-refractivity contribution is 0.0516. The van der Waals surface area contributed by atoms with E-state index in [-0.39, 0.29) is 5.75 Å². The van der Waals surface area contributed by atoms with Crippen LogP contribution < -0.4 is 15.8 Å². The molecule has 0 aromatic heterocycles. The van der Waals surface area contributed by atoms with Crippen LogP contribution in [0.25, 0.3) is 0 Å². The summed E-state index contributed by atoms with van der Waals surface area (Å²) in [5.41, 5.74) is 5.60. The second-order valence-electron chi connectivity index (χ2n) is 6.51. The van der Waals surface area contributed by atoms with Gasteiger partial charge >= 0.3 is 6.09 Å². The summed E-state index contributed by atoms with van der Waals surface area (Å²) < 4.78 is 10.2. The van der Waals surface area contributed by atoms with Crippen molar-refractivity contribution in [3.05, 3.63) is 23.8 Å². The quantitative estimate of drug-likeness (QED) is 0.774. The Bertz CT molecular complexity index is 525. The van der Waals surface area contributed by atoms with Crippen molar-refractivity contribution in [2.45, 2.75) is 38.7 Å². The second kappa shape index (κ2) is 6.87. The van der Waals surface area contributed by atoms with Gasteiger partial charge in [0.2, 0.25) is 0 Å². The molecule has 1 unspecified atom stereocenters. The molecule has 6 nitrogen and oxygen atoms in total. The van der Waals surface area contributed by atoms with Crippen LogP contribution in [0, 0.1) is 0 Å². The average molecular weight is 310 g/mol. The van der Waals surface area contributed by atoms with Gasteiger partial charge in [-0.3, -0.25) is 0 Å². The van der Waals surface area contributed by atoms with Gasteiger partial charge in [-0.15, -0.1) is 0 Å². The van der Waals surface area contributed by atoms with E-state index >= 15 is 0 Å². The van der Waals surface area contributed by atoms with Crippen molar-refractivity contribution in [1.29, 1.82) is 0 Å². The van der Waals surface area contributed by atoms with Crippen LogP contribution in [0.2, 0.25) is 0 Å². The molecule has 0 aliphatic heterocycles. The first-order chi connectivity index (χ1) is 10.1. The van der Waals surface area contributed by atoms with E-state index in [0.717, 1.165) is 5.56 Å². The van der Waals surface area contributed by atoms with E-state index in [9.17, 15) is 9.90 Å². The van der Waals surface area contributed by atoms with Gasteiger partial charge in [-0.25, -0.2) is 4.79 Å². The number of hydrogen-bond acceptors (Lipinski definition) is 5. The summed E-state index contributed by atoms with van der Waals surface area (Å²) in [7, 11) is 1.49. The second-order valence-corrected chi connectivity index (χ2v) is 6.51. The summed E-state index contributed by atoms with van der Waals surface area (Å²) in [5.74, 6) is 0.431. The minimum atomic E-state index is -0.554. The molecule has 0 saturated carbocycles. The predicted octanol–water partition coefficient (Wildman–Crippen LogP) is 2.14. The molecule has 0 aliphatic carbocycles. The smallest absolute Gasteiger partial charge is 0.407 e. The molecular formula is C16H26N2O4. The number of rotatable bonds is 5. The Hall–Kier alpha value is -1.95. The number of amides is 1. The average Bonchev–Trinajstić information content (AvgIpc) is 2.43. The fourth-order valence-electron chi connectivity index (χ4n) is 1.94. The lowest BCUT2D eigenvalue weighted by Crippen LogP contribution is -2.45. The highest BCUT2D eigenvalue weighted by Crippen LogP contribution is 2.31. The zero-order valence-electron chi connectivity index (χ0n) is 13.9. The van der Waals surface area contributed by atoms with E-state index < -0.39 is 17.1 Å². The number of carbonyl (C=O) groups excluding carboxylic acids is 1. The molecule has 124 valence electrons. The molecule has 0 spiro atoms. The topological polar surface area (TPSA) is 93.8 Å². The Labute approximate surface area is 131 Å². The molecule has 1 rings (SSSR count). The van der Waals surface area contributed by atoms with Crippen LogP contribution in [-0.4, -0.2) is 37.0 Å². The van der Waals surface area contributed by atoms with Crippen LogP contribution in [0.3, 0.4) is 0 Å². The van der Waals surface area contributed by atoms with Crippen molar-refractivity contribution in [3.63, 3.8) is 0 Å². The maximum absolute atomic E-state index is 11.8. The zero-order valence-corrected chi connectivity index (χ0v) is 13.9. The number of nitrogens with two attached hydrogens (primary N) is 1. The fourth-order valence-corrected chi connectivity index (χ4v) is 1.94. The van der Waals surface area contributed by atoms with Crippen molar-refractivity contribution in [2.24, 2.45) is 5.73 Å². The molecule has 0 aliphatic rings. The van der Waals surface area contributed by atoms with Gasteiger partial charge in [-0.1, -0.05) is 13.0 Å². The maximum Gasteiger partial charge on any atom is 0.407 e. The van der Waals surface area contributed by atoms with Gasteiger partial charge in [0.15, 0.2) is 11.5 Å². The Kier molecular flexibility index (Phi) is 5.65. The number of alkyl carbamates (subject to hydrolysis) is 1. The molecule has 0 radical (unpaired) electrons. The van der Waals surface area contributed by atoms with Gasteiger partial charge in [-0.2, -0.15) is 0 Å². The largest absolute Gasteiger partial charge is 0.504 e. The molecule has 1 atom stereocenters. The highest BCUT2D eigenvalue weighted by molar-refractivity contribution is 5.67. The van der Waals surface area contributed by atoms with Crippen molar-refractivity contribution in [3.8, 4) is 11.5 Å². The SMILES string of the molecule is COc1ccc(C(C)(CN)CNC(=O)OC(C)(C)C)cc1O. The Balaban J connectivity index is 2.84. The summed E-state index contributed by atoms with van der Waals surface area (Å²) in [6, 6.07) is 5.09. The Morgan fingerprint density at radius 2 is 1.95 bits per heavy atom.